The van der Waals surface area contributed by atoms with Crippen molar-refractivity contribution in [3.05, 3.63) is 39.9 Å². The van der Waals surface area contributed by atoms with E-state index in [9.17, 15) is 29.6 Å². The van der Waals surface area contributed by atoms with E-state index in [1.807, 2.05) is 0 Å². The second-order valence-electron chi connectivity index (χ2n) is 8.30. The molecule has 1 aliphatic rings. The average Bonchev–Trinajstić information content (AvgIpc) is 2.58. The first-order chi connectivity index (χ1) is 13.8. The highest BCUT2D eigenvalue weighted by molar-refractivity contribution is 6.02. The van der Waals surface area contributed by atoms with Crippen LogP contribution in [-0.2, 0) is 23.9 Å². The monoisotopic (exact) mass is 421 g/mol. The van der Waals surface area contributed by atoms with Crippen molar-refractivity contribution < 1.29 is 33.9 Å². The molecule has 0 spiro atoms. The molecule has 1 fully saturated rings. The third-order valence-corrected chi connectivity index (χ3v) is 4.94. The largest absolute Gasteiger partial charge is 0.463 e. The van der Waals surface area contributed by atoms with Gasteiger partial charge >= 0.3 is 11.9 Å². The minimum absolute atomic E-state index is 0.203. The molecule has 1 aliphatic carbocycles. The summed E-state index contributed by atoms with van der Waals surface area (Å²) in [5.41, 5.74) is -1.88. The lowest BCUT2D eigenvalue weighted by molar-refractivity contribution is -0.385. The number of benzene rings is 1. The number of hydrogen-bond donors (Lipinski definition) is 1. The highest BCUT2D eigenvalue weighted by Crippen LogP contribution is 2.47. The fraction of sp³-hybridized carbons (Fsp3) is 0.571. The predicted molar refractivity (Wildman–Crippen MR) is 106 cm³/mol. The molecule has 4 atom stereocenters. The first-order valence-electron chi connectivity index (χ1n) is 9.75. The highest BCUT2D eigenvalue weighted by Gasteiger charge is 2.57. The second-order valence-corrected chi connectivity index (χ2v) is 8.30. The number of hydrogen-bond acceptors (Lipinski definition) is 8. The van der Waals surface area contributed by atoms with E-state index in [1.54, 1.807) is 27.7 Å². The number of carbonyl (C=O) groups excluding carboxylic acids is 3. The van der Waals surface area contributed by atoms with Gasteiger partial charge in [-0.2, -0.15) is 0 Å². The molecular formula is C21H27NO8. The molecule has 0 heterocycles. The topological polar surface area (TPSA) is 133 Å². The summed E-state index contributed by atoms with van der Waals surface area (Å²) in [6, 6.07) is 5.34. The molecule has 1 N–H and O–H groups in total. The quantitative estimate of drug-likeness (QED) is 0.321. The minimum Gasteiger partial charge on any atom is -0.463 e. The average molecular weight is 421 g/mol. The molecule has 164 valence electrons. The molecule has 9 nitrogen and oxygen atoms in total. The van der Waals surface area contributed by atoms with Crippen LogP contribution in [0.25, 0.3) is 0 Å². The number of ketones is 1. The Morgan fingerprint density at radius 3 is 2.27 bits per heavy atom. The molecule has 9 heteroatoms. The number of non-ortho nitro benzene ring substituents is 1. The molecule has 1 aromatic carbocycles. The number of ether oxygens (including phenoxy) is 2. The van der Waals surface area contributed by atoms with Crippen LogP contribution in [0.15, 0.2) is 24.3 Å². The summed E-state index contributed by atoms with van der Waals surface area (Å²) in [4.78, 5) is 49.3. The normalized spacial score (nSPS) is 26.5. The summed E-state index contributed by atoms with van der Waals surface area (Å²) in [5, 5.41) is 22.2. The van der Waals surface area contributed by atoms with E-state index in [1.165, 1.54) is 31.2 Å². The lowest BCUT2D eigenvalue weighted by atomic mass is 9.61. The summed E-state index contributed by atoms with van der Waals surface area (Å²) in [6.45, 7) is 7.83. The molecule has 0 saturated heterocycles. The fourth-order valence-corrected chi connectivity index (χ4v) is 3.87. The van der Waals surface area contributed by atoms with Gasteiger partial charge in [-0.3, -0.25) is 24.5 Å². The molecule has 0 bridgehead atoms. The van der Waals surface area contributed by atoms with Crippen LogP contribution in [0.4, 0.5) is 5.69 Å². The lowest BCUT2D eigenvalue weighted by Gasteiger charge is -2.43. The molecule has 30 heavy (non-hydrogen) atoms. The van der Waals surface area contributed by atoms with Crippen LogP contribution in [-0.4, -0.2) is 45.6 Å². The van der Waals surface area contributed by atoms with Crippen molar-refractivity contribution in [3.8, 4) is 0 Å². The molecule has 1 saturated carbocycles. The van der Waals surface area contributed by atoms with Crippen molar-refractivity contribution in [1.82, 2.24) is 0 Å². The van der Waals surface area contributed by atoms with Crippen molar-refractivity contribution in [2.75, 3.05) is 0 Å². The summed E-state index contributed by atoms with van der Waals surface area (Å²) >= 11 is 0. The smallest absolute Gasteiger partial charge is 0.317 e. The summed E-state index contributed by atoms with van der Waals surface area (Å²) in [7, 11) is 0. The first kappa shape index (κ1) is 23.5. The third-order valence-electron chi connectivity index (χ3n) is 4.94. The Morgan fingerprint density at radius 1 is 1.17 bits per heavy atom. The summed E-state index contributed by atoms with van der Waals surface area (Å²) in [5.74, 6) is -6.12. The van der Waals surface area contributed by atoms with Crippen molar-refractivity contribution in [1.29, 1.82) is 0 Å². The Hall–Kier alpha value is -2.81. The van der Waals surface area contributed by atoms with Gasteiger partial charge in [-0.15, -0.1) is 0 Å². The van der Waals surface area contributed by atoms with E-state index in [0.717, 1.165) is 0 Å². The molecule has 0 aliphatic heterocycles. The third kappa shape index (κ3) is 5.02. The van der Waals surface area contributed by atoms with Gasteiger partial charge in [-0.25, -0.2) is 0 Å². The van der Waals surface area contributed by atoms with E-state index in [2.05, 4.69) is 0 Å². The SMILES string of the molecule is CC(C)OC(=O)[C@H]1C(=O)C[C@](C)(O)[C@@H](C(=O)OC(C)C)[C@H]1c1cccc([N+](=O)[O-])c1. The Bertz CT molecular complexity index is 837. The fourth-order valence-electron chi connectivity index (χ4n) is 3.87. The maximum atomic E-state index is 12.9. The molecule has 0 radical (unpaired) electrons. The molecule has 0 unspecified atom stereocenters. The van der Waals surface area contributed by atoms with Crippen LogP contribution in [0.2, 0.25) is 0 Å². The number of carbonyl (C=O) groups is 3. The number of Topliss-reactive ketones (excluding diaryl/α,β-unsaturated/α-hetero) is 1. The zero-order valence-electron chi connectivity index (χ0n) is 17.7. The molecule has 0 aromatic heterocycles. The van der Waals surface area contributed by atoms with E-state index in [4.69, 9.17) is 9.47 Å². The Labute approximate surface area is 174 Å². The van der Waals surface area contributed by atoms with Crippen LogP contribution in [0, 0.1) is 22.0 Å². The maximum absolute atomic E-state index is 12.9. The Morgan fingerprint density at radius 2 is 1.73 bits per heavy atom. The van der Waals surface area contributed by atoms with Crippen molar-refractivity contribution in [2.24, 2.45) is 11.8 Å². The van der Waals surface area contributed by atoms with Crippen LogP contribution in [0.1, 0.15) is 52.5 Å². The number of nitrogens with zero attached hydrogens (tertiary/aromatic N) is 1. The Kier molecular flexibility index (Phi) is 6.97. The zero-order valence-corrected chi connectivity index (χ0v) is 17.7. The number of esters is 2. The second kappa shape index (κ2) is 8.91. The zero-order chi connectivity index (χ0) is 22.8. The van der Waals surface area contributed by atoms with Gasteiger partial charge in [0.15, 0.2) is 5.78 Å². The number of nitro groups is 1. The lowest BCUT2D eigenvalue weighted by Crippen LogP contribution is -2.55. The number of rotatable bonds is 6. The summed E-state index contributed by atoms with van der Waals surface area (Å²) in [6.07, 6.45) is -1.47. The molecule has 1 aromatic rings. The van der Waals surface area contributed by atoms with E-state index in [0.29, 0.717) is 0 Å². The van der Waals surface area contributed by atoms with Gasteiger partial charge in [0.25, 0.3) is 5.69 Å². The predicted octanol–water partition coefficient (Wildman–Crippen LogP) is 2.54. The van der Waals surface area contributed by atoms with Crippen LogP contribution >= 0.6 is 0 Å². The highest BCUT2D eigenvalue weighted by atomic mass is 16.6. The van der Waals surface area contributed by atoms with Crippen LogP contribution in [0.5, 0.6) is 0 Å². The molecule has 2 rings (SSSR count). The van der Waals surface area contributed by atoms with E-state index >= 15 is 0 Å². The van der Waals surface area contributed by atoms with Gasteiger partial charge in [0, 0.05) is 24.5 Å². The summed E-state index contributed by atoms with van der Waals surface area (Å²) < 4.78 is 10.5. The molecular weight excluding hydrogens is 394 g/mol. The van der Waals surface area contributed by atoms with Crippen LogP contribution in [0.3, 0.4) is 0 Å². The molecule has 0 amide bonds. The van der Waals surface area contributed by atoms with E-state index < -0.39 is 64.6 Å². The van der Waals surface area contributed by atoms with Gasteiger partial charge in [0.1, 0.15) is 5.92 Å². The first-order valence-corrected chi connectivity index (χ1v) is 9.75. The van der Waals surface area contributed by atoms with E-state index in [-0.39, 0.29) is 11.3 Å². The van der Waals surface area contributed by atoms with Gasteiger partial charge in [-0.05, 0) is 40.2 Å². The number of nitro benzene ring substituents is 1. The van der Waals surface area contributed by atoms with Crippen molar-refractivity contribution in [3.63, 3.8) is 0 Å². The maximum Gasteiger partial charge on any atom is 0.317 e. The Balaban J connectivity index is 2.67. The van der Waals surface area contributed by atoms with Crippen molar-refractivity contribution in [2.45, 2.75) is 64.8 Å². The minimum atomic E-state index is -1.81. The number of aliphatic hydroxyl groups is 1. The van der Waals surface area contributed by atoms with Gasteiger partial charge < -0.3 is 14.6 Å². The standard InChI is InChI=1S/C21H27NO8/c1-11(2)29-19(24)17-15(23)10-21(5,26)18(20(25)30-12(3)4)16(17)13-7-6-8-14(9-13)22(27)28/h6-9,11-12,16-18,26H,10H2,1-5H3/t16-,17-,18+,21-/m0/s1. The van der Waals surface area contributed by atoms with Crippen molar-refractivity contribution >= 4 is 23.4 Å². The van der Waals surface area contributed by atoms with Gasteiger partial charge in [0.05, 0.1) is 28.7 Å². The van der Waals surface area contributed by atoms with Gasteiger partial charge in [-0.1, -0.05) is 12.1 Å². The van der Waals surface area contributed by atoms with Gasteiger partial charge in [0.2, 0.25) is 0 Å². The van der Waals surface area contributed by atoms with Crippen LogP contribution < -0.4 is 0 Å².